The van der Waals surface area contributed by atoms with Crippen LogP contribution in [0.1, 0.15) is 35.2 Å². The predicted octanol–water partition coefficient (Wildman–Crippen LogP) is 1.44. The summed E-state index contributed by atoms with van der Waals surface area (Å²) in [6, 6.07) is 5.34. The van der Waals surface area contributed by atoms with Gasteiger partial charge in [0, 0.05) is 37.0 Å². The molecule has 5 nitrogen and oxygen atoms in total. The molecule has 2 N–H and O–H groups in total. The second kappa shape index (κ2) is 5.39. The Morgan fingerprint density at radius 1 is 1.43 bits per heavy atom. The van der Waals surface area contributed by atoms with E-state index < -0.39 is 0 Å². The molecule has 1 aromatic rings. The molecule has 0 aromatic heterocycles. The van der Waals surface area contributed by atoms with E-state index in [1.807, 2.05) is 4.90 Å². The van der Waals surface area contributed by atoms with Crippen LogP contribution in [-0.4, -0.2) is 41.0 Å². The van der Waals surface area contributed by atoms with Crippen LogP contribution in [0.25, 0.3) is 0 Å². The summed E-state index contributed by atoms with van der Waals surface area (Å²) in [5.74, 6) is 0.326. The molecule has 1 heterocycles. The molecule has 1 unspecified atom stereocenters. The Morgan fingerprint density at radius 2 is 2.19 bits per heavy atom. The van der Waals surface area contributed by atoms with Crippen LogP contribution in [0, 0.1) is 12.8 Å². The van der Waals surface area contributed by atoms with Crippen molar-refractivity contribution in [2.24, 2.45) is 5.92 Å². The Morgan fingerprint density at radius 3 is 2.86 bits per heavy atom. The van der Waals surface area contributed by atoms with Crippen LogP contribution < -0.4 is 5.32 Å². The van der Waals surface area contributed by atoms with Gasteiger partial charge in [-0.05, 0) is 37.5 Å². The van der Waals surface area contributed by atoms with Gasteiger partial charge < -0.3 is 15.3 Å². The topological polar surface area (TPSA) is 69.6 Å². The van der Waals surface area contributed by atoms with Gasteiger partial charge in [-0.2, -0.15) is 0 Å². The van der Waals surface area contributed by atoms with E-state index >= 15 is 0 Å². The maximum absolute atomic E-state index is 12.1. The quantitative estimate of drug-likeness (QED) is 0.881. The van der Waals surface area contributed by atoms with E-state index in [-0.39, 0.29) is 23.5 Å². The van der Waals surface area contributed by atoms with Gasteiger partial charge in [-0.3, -0.25) is 9.59 Å². The number of phenolic OH excluding ortho intramolecular Hbond substituents is 1. The number of carbonyl (C=O) groups excluding carboxylic acids is 2. The van der Waals surface area contributed by atoms with Gasteiger partial charge in [0.2, 0.25) is 5.91 Å². The second-order valence-electron chi connectivity index (χ2n) is 6.06. The highest BCUT2D eigenvalue weighted by atomic mass is 16.3. The first-order valence-corrected chi connectivity index (χ1v) is 7.42. The number of likely N-dealkylation sites (tertiary alicyclic amines) is 1. The van der Waals surface area contributed by atoms with Crippen molar-refractivity contribution >= 4 is 11.8 Å². The molecule has 0 radical (unpaired) electrons. The molecule has 2 amide bonds. The van der Waals surface area contributed by atoms with E-state index in [2.05, 4.69) is 5.32 Å². The van der Waals surface area contributed by atoms with Crippen LogP contribution in [-0.2, 0) is 4.79 Å². The minimum atomic E-state index is -0.206. The molecule has 1 aliphatic heterocycles. The summed E-state index contributed by atoms with van der Waals surface area (Å²) in [5, 5.41) is 12.5. The first kappa shape index (κ1) is 13.9. The smallest absolute Gasteiger partial charge is 0.251 e. The fraction of sp³-hybridized carbons (Fsp3) is 0.500. The number of aryl methyl sites for hydroxylation is 1. The summed E-state index contributed by atoms with van der Waals surface area (Å²) in [6.45, 7) is 3.04. The van der Waals surface area contributed by atoms with Crippen LogP contribution in [0.15, 0.2) is 18.2 Å². The lowest BCUT2D eigenvalue weighted by molar-refractivity contribution is -0.128. The van der Waals surface area contributed by atoms with Gasteiger partial charge in [0.1, 0.15) is 5.75 Å². The van der Waals surface area contributed by atoms with Crippen molar-refractivity contribution in [3.63, 3.8) is 0 Å². The molecule has 1 saturated heterocycles. The number of nitrogens with one attached hydrogen (secondary N) is 1. The number of hydrogen-bond donors (Lipinski definition) is 2. The third-order valence-corrected chi connectivity index (χ3v) is 4.25. The van der Waals surface area contributed by atoms with E-state index in [0.717, 1.165) is 24.9 Å². The second-order valence-corrected chi connectivity index (χ2v) is 6.06. The molecule has 3 rings (SSSR count). The molecule has 2 aliphatic rings. The fourth-order valence-corrected chi connectivity index (χ4v) is 2.77. The average Bonchev–Trinajstić information content (AvgIpc) is 3.23. The van der Waals surface area contributed by atoms with Gasteiger partial charge in [-0.25, -0.2) is 0 Å². The molecular formula is C16H20N2O3. The monoisotopic (exact) mass is 288 g/mol. The maximum atomic E-state index is 12.1. The highest BCUT2D eigenvalue weighted by Crippen LogP contribution is 2.32. The molecule has 1 aliphatic carbocycles. The lowest BCUT2D eigenvalue weighted by Gasteiger charge is -2.15. The van der Waals surface area contributed by atoms with E-state index in [1.165, 1.54) is 6.07 Å². The lowest BCUT2D eigenvalue weighted by atomic mass is 10.1. The van der Waals surface area contributed by atoms with Crippen molar-refractivity contribution in [1.82, 2.24) is 10.2 Å². The summed E-state index contributed by atoms with van der Waals surface area (Å²) < 4.78 is 0. The molecule has 2 fully saturated rings. The zero-order chi connectivity index (χ0) is 15.0. The minimum Gasteiger partial charge on any atom is -0.508 e. The van der Waals surface area contributed by atoms with Gasteiger partial charge >= 0.3 is 0 Å². The van der Waals surface area contributed by atoms with Crippen LogP contribution in [0.4, 0.5) is 0 Å². The van der Waals surface area contributed by atoms with Crippen molar-refractivity contribution in [3.05, 3.63) is 29.3 Å². The van der Waals surface area contributed by atoms with E-state index in [0.29, 0.717) is 24.6 Å². The zero-order valence-corrected chi connectivity index (χ0v) is 12.1. The minimum absolute atomic E-state index is 0.124. The summed E-state index contributed by atoms with van der Waals surface area (Å²) in [7, 11) is 0. The number of hydrogen-bond acceptors (Lipinski definition) is 3. The summed E-state index contributed by atoms with van der Waals surface area (Å²) in [5.41, 5.74) is 1.19. The van der Waals surface area contributed by atoms with Gasteiger partial charge in [0.25, 0.3) is 5.91 Å². The molecule has 0 spiro atoms. The van der Waals surface area contributed by atoms with Crippen molar-refractivity contribution in [1.29, 1.82) is 0 Å². The van der Waals surface area contributed by atoms with Crippen LogP contribution in [0.3, 0.4) is 0 Å². The molecule has 1 aromatic carbocycles. The number of nitrogens with zero attached hydrogens (tertiary/aromatic N) is 1. The molecule has 0 bridgehead atoms. The number of aromatic hydroxyl groups is 1. The lowest BCUT2D eigenvalue weighted by Crippen LogP contribution is -2.32. The fourth-order valence-electron chi connectivity index (χ4n) is 2.77. The number of rotatable bonds is 4. The largest absolute Gasteiger partial charge is 0.508 e. The van der Waals surface area contributed by atoms with Crippen molar-refractivity contribution < 1.29 is 14.7 Å². The predicted molar refractivity (Wildman–Crippen MR) is 78.0 cm³/mol. The highest BCUT2D eigenvalue weighted by Gasteiger charge is 2.39. The average molecular weight is 288 g/mol. The SMILES string of the molecule is Cc1ccc(C(=O)NCC2CC(=O)N(C3CC3)C2)cc1O. The van der Waals surface area contributed by atoms with Crippen LogP contribution in [0.2, 0.25) is 0 Å². The first-order valence-electron chi connectivity index (χ1n) is 7.42. The van der Waals surface area contributed by atoms with E-state index in [1.54, 1.807) is 19.1 Å². The van der Waals surface area contributed by atoms with Crippen molar-refractivity contribution in [3.8, 4) is 5.75 Å². The third kappa shape index (κ3) is 3.01. The molecule has 5 heteroatoms. The Kier molecular flexibility index (Phi) is 3.57. The van der Waals surface area contributed by atoms with E-state index in [4.69, 9.17) is 0 Å². The molecule has 1 atom stereocenters. The number of carbonyl (C=O) groups is 2. The van der Waals surface area contributed by atoms with Crippen LogP contribution >= 0.6 is 0 Å². The van der Waals surface area contributed by atoms with Gasteiger partial charge in [-0.1, -0.05) is 6.07 Å². The molecule has 21 heavy (non-hydrogen) atoms. The van der Waals surface area contributed by atoms with E-state index in [9.17, 15) is 14.7 Å². The Labute approximate surface area is 123 Å². The van der Waals surface area contributed by atoms with Crippen molar-refractivity contribution in [2.45, 2.75) is 32.2 Å². The Balaban J connectivity index is 1.54. The standard InChI is InChI=1S/C16H20N2O3/c1-10-2-3-12(7-14(10)19)16(21)17-8-11-6-15(20)18(9-11)13-4-5-13/h2-3,7,11,13,19H,4-6,8-9H2,1H3,(H,17,21). The van der Waals surface area contributed by atoms with Gasteiger partial charge in [0.05, 0.1) is 0 Å². The number of benzene rings is 1. The zero-order valence-electron chi connectivity index (χ0n) is 12.1. The van der Waals surface area contributed by atoms with Crippen LogP contribution in [0.5, 0.6) is 5.75 Å². The van der Waals surface area contributed by atoms with Crippen molar-refractivity contribution in [2.75, 3.05) is 13.1 Å². The summed E-state index contributed by atoms with van der Waals surface area (Å²) in [4.78, 5) is 25.8. The number of phenols is 1. The molecular weight excluding hydrogens is 268 g/mol. The molecule has 1 saturated carbocycles. The summed E-state index contributed by atoms with van der Waals surface area (Å²) >= 11 is 0. The third-order valence-electron chi connectivity index (χ3n) is 4.25. The maximum Gasteiger partial charge on any atom is 0.251 e. The number of amides is 2. The van der Waals surface area contributed by atoms with Gasteiger partial charge in [0.15, 0.2) is 0 Å². The highest BCUT2D eigenvalue weighted by molar-refractivity contribution is 5.94. The summed E-state index contributed by atoms with van der Waals surface area (Å²) in [6.07, 6.45) is 2.76. The Hall–Kier alpha value is -2.04. The van der Waals surface area contributed by atoms with Gasteiger partial charge in [-0.15, -0.1) is 0 Å². The Bertz CT molecular complexity index is 581. The first-order chi connectivity index (χ1) is 10.0. The molecule has 112 valence electrons. The normalized spacial score (nSPS) is 21.7.